The van der Waals surface area contributed by atoms with Crippen molar-refractivity contribution in [2.24, 2.45) is 5.73 Å². The maximum Gasteiger partial charge on any atom is 0.130 e. The average molecular weight is 185 g/mol. The lowest BCUT2D eigenvalue weighted by atomic mass is 10.0. The van der Waals surface area contributed by atoms with Crippen molar-refractivity contribution in [3.05, 3.63) is 34.9 Å². The molecule has 2 N–H and O–H groups in total. The molecule has 0 aromatic heterocycles. The quantitative estimate of drug-likeness (QED) is 0.752. The zero-order valence-corrected chi connectivity index (χ0v) is 7.77. The minimum absolute atomic E-state index is 0.373. The highest BCUT2D eigenvalue weighted by molar-refractivity contribution is 5.28. The van der Waals surface area contributed by atoms with Crippen LogP contribution >= 0.6 is 0 Å². The third-order valence-corrected chi connectivity index (χ3v) is 2.04. The van der Waals surface area contributed by atoms with E-state index in [4.69, 9.17) is 5.73 Å². The Hall–Kier alpha value is -0.960. The first-order chi connectivity index (χ1) is 6.06. The fourth-order valence-electron chi connectivity index (χ4n) is 1.23. The normalized spacial score (nSPS) is 13.0. The number of rotatable bonds is 2. The molecule has 0 aliphatic carbocycles. The van der Waals surface area contributed by atoms with Gasteiger partial charge in [-0.15, -0.1) is 0 Å². The second kappa shape index (κ2) is 3.83. The van der Waals surface area contributed by atoms with E-state index < -0.39 is 17.7 Å². The van der Waals surface area contributed by atoms with Gasteiger partial charge in [-0.3, -0.25) is 0 Å². The molecule has 1 aromatic carbocycles. The van der Waals surface area contributed by atoms with Gasteiger partial charge in [0.15, 0.2) is 0 Å². The number of hydrogen-bond acceptors (Lipinski definition) is 1. The lowest BCUT2D eigenvalue weighted by Crippen LogP contribution is -2.09. The first kappa shape index (κ1) is 10.1. The molecule has 1 atom stereocenters. The summed E-state index contributed by atoms with van der Waals surface area (Å²) in [6.07, 6.45) is 0.547. The summed E-state index contributed by atoms with van der Waals surface area (Å²) < 4.78 is 26.1. The highest BCUT2D eigenvalue weighted by atomic mass is 19.1. The molecule has 0 aliphatic rings. The summed E-state index contributed by atoms with van der Waals surface area (Å²) in [5.74, 6) is -1.06. The van der Waals surface area contributed by atoms with Crippen LogP contribution < -0.4 is 5.73 Å². The van der Waals surface area contributed by atoms with Gasteiger partial charge in [0.25, 0.3) is 0 Å². The van der Waals surface area contributed by atoms with Gasteiger partial charge in [0, 0.05) is 17.7 Å². The van der Waals surface area contributed by atoms with E-state index in [9.17, 15) is 8.78 Å². The zero-order chi connectivity index (χ0) is 10.0. The van der Waals surface area contributed by atoms with E-state index in [1.165, 1.54) is 6.07 Å². The van der Waals surface area contributed by atoms with Crippen molar-refractivity contribution in [2.45, 2.75) is 26.3 Å². The first-order valence-corrected chi connectivity index (χ1v) is 4.29. The summed E-state index contributed by atoms with van der Waals surface area (Å²) in [5.41, 5.74) is 6.41. The van der Waals surface area contributed by atoms with Crippen molar-refractivity contribution in [3.63, 3.8) is 0 Å². The topological polar surface area (TPSA) is 26.0 Å². The Balaban J connectivity index is 3.22. The molecule has 0 bridgehead atoms. The van der Waals surface area contributed by atoms with Crippen LogP contribution in [0, 0.1) is 11.6 Å². The minimum atomic E-state index is -0.565. The Labute approximate surface area is 76.6 Å². The van der Waals surface area contributed by atoms with E-state index in [1.54, 1.807) is 6.92 Å². The fraction of sp³-hybridized carbons (Fsp3) is 0.400. The summed E-state index contributed by atoms with van der Waals surface area (Å²) in [6, 6.07) is 2.00. The van der Waals surface area contributed by atoms with Crippen LogP contribution in [0.1, 0.15) is 31.0 Å². The van der Waals surface area contributed by atoms with Crippen LogP contribution in [0.25, 0.3) is 0 Å². The number of aryl methyl sites for hydroxylation is 1. The summed E-state index contributed by atoms with van der Waals surface area (Å²) in [7, 11) is 0. The zero-order valence-electron chi connectivity index (χ0n) is 7.77. The maximum atomic E-state index is 13.1. The van der Waals surface area contributed by atoms with Gasteiger partial charge in [-0.05, 0) is 25.0 Å². The molecule has 1 rings (SSSR count). The third-order valence-electron chi connectivity index (χ3n) is 2.04. The van der Waals surface area contributed by atoms with E-state index in [1.807, 2.05) is 6.92 Å². The molecule has 1 aromatic rings. The molecule has 3 heteroatoms. The number of benzene rings is 1. The molecule has 0 fully saturated rings. The third kappa shape index (κ3) is 2.04. The molecule has 0 saturated heterocycles. The Morgan fingerprint density at radius 1 is 1.31 bits per heavy atom. The lowest BCUT2D eigenvalue weighted by molar-refractivity contribution is 0.554. The van der Waals surface area contributed by atoms with Crippen molar-refractivity contribution in [1.82, 2.24) is 0 Å². The van der Waals surface area contributed by atoms with Crippen LogP contribution in [0.2, 0.25) is 0 Å². The molecule has 0 radical (unpaired) electrons. The predicted molar refractivity (Wildman–Crippen MR) is 48.3 cm³/mol. The van der Waals surface area contributed by atoms with Crippen LogP contribution in [0.15, 0.2) is 12.1 Å². The van der Waals surface area contributed by atoms with Crippen molar-refractivity contribution in [3.8, 4) is 0 Å². The van der Waals surface area contributed by atoms with Crippen molar-refractivity contribution >= 4 is 0 Å². The van der Waals surface area contributed by atoms with Gasteiger partial charge in [-0.2, -0.15) is 0 Å². The molecule has 72 valence electrons. The first-order valence-electron chi connectivity index (χ1n) is 4.29. The van der Waals surface area contributed by atoms with E-state index in [2.05, 4.69) is 0 Å². The second-order valence-electron chi connectivity index (χ2n) is 3.11. The van der Waals surface area contributed by atoms with Gasteiger partial charge < -0.3 is 5.73 Å². The Bertz CT molecular complexity index is 308. The monoisotopic (exact) mass is 185 g/mol. The van der Waals surface area contributed by atoms with E-state index in [-0.39, 0.29) is 0 Å². The largest absolute Gasteiger partial charge is 0.324 e. The van der Waals surface area contributed by atoms with Gasteiger partial charge in [-0.1, -0.05) is 6.92 Å². The molecule has 1 unspecified atom stereocenters. The molecule has 13 heavy (non-hydrogen) atoms. The molecular formula is C10H13F2N. The van der Waals surface area contributed by atoms with Gasteiger partial charge in [0.2, 0.25) is 0 Å². The minimum Gasteiger partial charge on any atom is -0.324 e. The van der Waals surface area contributed by atoms with Crippen molar-refractivity contribution in [2.75, 3.05) is 0 Å². The van der Waals surface area contributed by atoms with Crippen molar-refractivity contribution in [1.29, 1.82) is 0 Å². The van der Waals surface area contributed by atoms with E-state index in [0.717, 1.165) is 6.07 Å². The molecule has 1 nitrogen and oxygen atoms in total. The maximum absolute atomic E-state index is 13.1. The van der Waals surface area contributed by atoms with E-state index >= 15 is 0 Å². The number of nitrogens with two attached hydrogens (primary N) is 1. The summed E-state index contributed by atoms with van der Waals surface area (Å²) in [5, 5.41) is 0. The highest BCUT2D eigenvalue weighted by Crippen LogP contribution is 2.19. The molecule has 0 saturated carbocycles. The van der Waals surface area contributed by atoms with Crippen molar-refractivity contribution < 1.29 is 8.78 Å². The highest BCUT2D eigenvalue weighted by Gasteiger charge is 2.11. The molecule has 0 heterocycles. The van der Waals surface area contributed by atoms with Gasteiger partial charge in [0.1, 0.15) is 11.6 Å². The Morgan fingerprint density at radius 2 is 1.92 bits per heavy atom. The molecule has 0 spiro atoms. The summed E-state index contributed by atoms with van der Waals surface area (Å²) in [6.45, 7) is 3.50. The average Bonchev–Trinajstić information content (AvgIpc) is 2.03. The summed E-state index contributed by atoms with van der Waals surface area (Å²) in [4.78, 5) is 0. The Morgan fingerprint density at radius 3 is 2.38 bits per heavy atom. The Kier molecular flexibility index (Phi) is 2.98. The lowest BCUT2D eigenvalue weighted by Gasteiger charge is -2.09. The van der Waals surface area contributed by atoms with Crippen LogP contribution in [-0.4, -0.2) is 0 Å². The van der Waals surface area contributed by atoms with Gasteiger partial charge >= 0.3 is 0 Å². The van der Waals surface area contributed by atoms with Crippen LogP contribution in [0.4, 0.5) is 8.78 Å². The summed E-state index contributed by atoms with van der Waals surface area (Å²) >= 11 is 0. The molecule has 0 aliphatic heterocycles. The molecule has 0 amide bonds. The van der Waals surface area contributed by atoms with Gasteiger partial charge in [-0.25, -0.2) is 8.78 Å². The predicted octanol–water partition coefficient (Wildman–Crippen LogP) is 2.55. The van der Waals surface area contributed by atoms with E-state index in [0.29, 0.717) is 17.5 Å². The van der Waals surface area contributed by atoms with Crippen LogP contribution in [0.5, 0.6) is 0 Å². The van der Waals surface area contributed by atoms with Crippen LogP contribution in [0.3, 0.4) is 0 Å². The van der Waals surface area contributed by atoms with Gasteiger partial charge in [0.05, 0.1) is 0 Å². The second-order valence-corrected chi connectivity index (χ2v) is 3.11. The smallest absolute Gasteiger partial charge is 0.130 e. The number of halogens is 2. The standard InChI is InChI=1S/C10H13F2N/c1-3-7-4-8(6(2)13)10(12)5-9(7)11/h4-6H,3,13H2,1-2H3. The number of hydrogen-bond donors (Lipinski definition) is 1. The SMILES string of the molecule is CCc1cc(C(C)N)c(F)cc1F. The van der Waals surface area contributed by atoms with Crippen LogP contribution in [-0.2, 0) is 6.42 Å². The molecular weight excluding hydrogens is 172 g/mol. The fourth-order valence-corrected chi connectivity index (χ4v) is 1.23.